The van der Waals surface area contributed by atoms with Crippen LogP contribution in [0.5, 0.6) is 0 Å². The lowest BCUT2D eigenvalue weighted by atomic mass is 10.1. The molecule has 1 heterocycles. The monoisotopic (exact) mass is 326 g/mol. The van der Waals surface area contributed by atoms with Crippen LogP contribution in [0.15, 0.2) is 36.4 Å². The first-order valence-electron chi connectivity index (χ1n) is 6.84. The van der Waals surface area contributed by atoms with Gasteiger partial charge >= 0.3 is 0 Å². The van der Waals surface area contributed by atoms with E-state index in [-0.39, 0.29) is 0 Å². The Morgan fingerprint density at radius 2 is 1.36 bits per heavy atom. The van der Waals surface area contributed by atoms with Gasteiger partial charge in [0.15, 0.2) is 11.4 Å². The molecule has 1 N–H and O–H groups in total. The van der Waals surface area contributed by atoms with Crippen LogP contribution in [-0.2, 0) is 6.42 Å². The van der Waals surface area contributed by atoms with Gasteiger partial charge in [-0.05, 0) is 24.5 Å². The Morgan fingerprint density at radius 1 is 0.955 bits per heavy atom. The molecule has 0 saturated carbocycles. The van der Waals surface area contributed by atoms with E-state index in [1.165, 1.54) is 28.2 Å². The first-order valence-corrected chi connectivity index (χ1v) is 8.10. The third kappa shape index (κ3) is 6.09. The van der Waals surface area contributed by atoms with E-state index >= 15 is 0 Å². The fourth-order valence-corrected chi connectivity index (χ4v) is 2.40. The summed E-state index contributed by atoms with van der Waals surface area (Å²) in [6.45, 7) is 8.65. The minimum atomic E-state index is -4.69. The molecule has 0 unspecified atom stereocenters. The lowest BCUT2D eigenvalue weighted by Crippen LogP contribution is -2.58. The minimum Gasteiger partial charge on any atom is -0.183 e. The van der Waals surface area contributed by atoms with Gasteiger partial charge in [0.25, 0.3) is 0 Å². The summed E-state index contributed by atoms with van der Waals surface area (Å²) in [6, 6.07) is 13.3. The molecule has 0 aliphatic carbocycles. The maximum atomic E-state index is 8.60. The van der Waals surface area contributed by atoms with Crippen molar-refractivity contribution < 1.29 is 33.4 Å². The largest absolute Gasteiger partial charge is 0.211 e. The molecule has 5 nitrogen and oxygen atoms in total. The van der Waals surface area contributed by atoms with E-state index in [0.29, 0.717) is 0 Å². The van der Waals surface area contributed by atoms with E-state index in [4.69, 9.17) is 18.6 Å². The number of nitrogens with zero attached hydrogens (tertiary/aromatic N) is 1. The Morgan fingerprint density at radius 3 is 1.73 bits per heavy atom. The number of aryl methyl sites for hydroxylation is 4. The zero-order chi connectivity index (χ0) is 16.9. The summed E-state index contributed by atoms with van der Waals surface area (Å²) in [7, 11) is -4.69. The van der Waals surface area contributed by atoms with E-state index < -0.39 is 10.2 Å². The number of halogens is 1. The zero-order valence-corrected chi connectivity index (χ0v) is 13.9. The SMILES string of the molecule is CCc1ccc(-[n+]2c(C)cc(C)cc2C)cc1.[O-][Cl+3]([O-])([O-])O. The average molecular weight is 327 g/mol. The smallest absolute Gasteiger partial charge is 0.183 e. The van der Waals surface area contributed by atoms with Crippen molar-refractivity contribution in [1.82, 2.24) is 0 Å². The van der Waals surface area contributed by atoms with Crippen LogP contribution in [0, 0.1) is 31.0 Å². The van der Waals surface area contributed by atoms with E-state index in [1.54, 1.807) is 0 Å². The zero-order valence-electron chi connectivity index (χ0n) is 13.2. The summed E-state index contributed by atoms with van der Waals surface area (Å²) in [4.78, 5) is 0. The highest BCUT2D eigenvalue weighted by molar-refractivity contribution is 5.29. The van der Waals surface area contributed by atoms with E-state index in [9.17, 15) is 0 Å². The number of pyridine rings is 1. The van der Waals surface area contributed by atoms with Crippen molar-refractivity contribution in [2.24, 2.45) is 0 Å². The average Bonchev–Trinajstić information content (AvgIpc) is 2.36. The molecule has 0 fully saturated rings. The van der Waals surface area contributed by atoms with Crippen LogP contribution in [0.1, 0.15) is 29.4 Å². The van der Waals surface area contributed by atoms with Gasteiger partial charge in [-0.1, -0.05) is 19.1 Å². The van der Waals surface area contributed by atoms with Crippen molar-refractivity contribution in [3.8, 4) is 5.69 Å². The topological polar surface area (TPSA) is 93.3 Å². The van der Waals surface area contributed by atoms with Crippen LogP contribution in [0.2, 0.25) is 0 Å². The summed E-state index contributed by atoms with van der Waals surface area (Å²) >= 11 is 0. The van der Waals surface area contributed by atoms with Gasteiger partial charge in [0.2, 0.25) is 5.69 Å². The molecule has 0 saturated heterocycles. The fraction of sp³-hybridized carbons (Fsp3) is 0.312. The van der Waals surface area contributed by atoms with Gasteiger partial charge in [0.1, 0.15) is 0 Å². The summed E-state index contributed by atoms with van der Waals surface area (Å²) < 4.78 is 35.0. The molecule has 0 aliphatic heterocycles. The highest BCUT2D eigenvalue weighted by Gasteiger charge is 2.14. The van der Waals surface area contributed by atoms with Crippen molar-refractivity contribution >= 4 is 0 Å². The molecule has 120 valence electrons. The third-order valence-corrected chi connectivity index (χ3v) is 3.18. The van der Waals surface area contributed by atoms with E-state index in [0.717, 1.165) is 6.42 Å². The van der Waals surface area contributed by atoms with Crippen molar-refractivity contribution in [1.29, 1.82) is 0 Å². The van der Waals surface area contributed by atoms with Gasteiger partial charge in [-0.15, -0.1) is 0 Å². The van der Waals surface area contributed by atoms with Crippen molar-refractivity contribution in [2.75, 3.05) is 0 Å². The van der Waals surface area contributed by atoms with Gasteiger partial charge in [0.05, 0.1) is 14.9 Å². The number of rotatable bonds is 2. The summed E-state index contributed by atoms with van der Waals surface area (Å²) in [5.41, 5.74) is 6.52. The van der Waals surface area contributed by atoms with Crippen LogP contribution in [0.25, 0.3) is 5.69 Å². The predicted molar refractivity (Wildman–Crippen MR) is 73.8 cm³/mol. The number of benzene rings is 1. The molecule has 0 radical (unpaired) electrons. The van der Waals surface area contributed by atoms with E-state index in [2.05, 4.69) is 68.7 Å². The van der Waals surface area contributed by atoms with Crippen LogP contribution in [0.3, 0.4) is 0 Å². The minimum absolute atomic E-state index is 1.09. The Bertz CT molecular complexity index is 592. The molecular formula is C16H21ClNO4+. The van der Waals surface area contributed by atoms with Gasteiger partial charge in [-0.3, -0.25) is 0 Å². The van der Waals surface area contributed by atoms with Gasteiger partial charge in [0, 0.05) is 38.1 Å². The fourth-order valence-electron chi connectivity index (χ4n) is 2.40. The summed E-state index contributed by atoms with van der Waals surface area (Å²) in [5.74, 6) is 0. The molecule has 0 bridgehead atoms. The maximum Gasteiger partial charge on any atom is 0.211 e. The normalized spacial score (nSPS) is 10.9. The first kappa shape index (κ1) is 18.5. The molecule has 1 aromatic heterocycles. The molecule has 0 aliphatic rings. The molecule has 2 rings (SSSR count). The number of aromatic nitrogens is 1. The molecule has 6 heteroatoms. The summed E-state index contributed by atoms with van der Waals surface area (Å²) in [6.07, 6.45) is 1.09. The highest BCUT2D eigenvalue weighted by Crippen LogP contribution is 2.09. The number of hydrogen-bond acceptors (Lipinski definition) is 4. The Balaban J connectivity index is 0.000000422. The second-order valence-electron chi connectivity index (χ2n) is 5.07. The predicted octanol–water partition coefficient (Wildman–Crippen LogP) is -0.673. The molecular weight excluding hydrogens is 306 g/mol. The number of hydrogen-bond donors (Lipinski definition) is 1. The van der Waals surface area contributed by atoms with Gasteiger partial charge < -0.3 is 0 Å². The molecule has 2 aromatic rings. The van der Waals surface area contributed by atoms with Gasteiger partial charge in [-0.2, -0.15) is 18.5 Å². The van der Waals surface area contributed by atoms with Crippen LogP contribution >= 0.6 is 0 Å². The molecule has 0 atom stereocenters. The molecule has 22 heavy (non-hydrogen) atoms. The maximum absolute atomic E-state index is 8.60. The Labute approximate surface area is 132 Å². The van der Waals surface area contributed by atoms with Crippen molar-refractivity contribution in [2.45, 2.75) is 34.1 Å². The first-order chi connectivity index (χ1) is 10.1. The van der Waals surface area contributed by atoms with Crippen LogP contribution < -0.4 is 18.5 Å². The second kappa shape index (κ2) is 7.67. The third-order valence-electron chi connectivity index (χ3n) is 3.18. The lowest BCUT2D eigenvalue weighted by Gasteiger charge is -2.05. The summed E-state index contributed by atoms with van der Waals surface area (Å²) in [5, 5.41) is 0. The second-order valence-corrected chi connectivity index (χ2v) is 5.86. The van der Waals surface area contributed by atoms with Crippen molar-refractivity contribution in [3.05, 3.63) is 58.9 Å². The van der Waals surface area contributed by atoms with Crippen molar-refractivity contribution in [3.63, 3.8) is 0 Å². The lowest BCUT2D eigenvalue weighted by molar-refractivity contribution is -1.92. The van der Waals surface area contributed by atoms with Crippen LogP contribution in [-0.4, -0.2) is 4.66 Å². The quantitative estimate of drug-likeness (QED) is 0.740. The Kier molecular flexibility index (Phi) is 6.47. The molecule has 0 spiro atoms. The van der Waals surface area contributed by atoms with Crippen LogP contribution in [0.4, 0.5) is 0 Å². The molecule has 0 amide bonds. The van der Waals surface area contributed by atoms with E-state index in [1.807, 2.05) is 0 Å². The van der Waals surface area contributed by atoms with Gasteiger partial charge in [-0.25, -0.2) is 0 Å². The molecule has 1 aromatic carbocycles. The highest BCUT2D eigenvalue weighted by atomic mass is 35.7. The Hall–Kier alpha value is -1.50. The standard InChI is InChI=1S/C16H20N.ClHO4/c1-5-15-6-8-16(9-7-15)17-13(3)10-12(2)11-14(17)4;2-1(3,4)5/h6-11H,5H2,1-4H3;(H,2,3,4,5)/q+1;.